The molecule has 0 aliphatic carbocycles. The molecule has 0 radical (unpaired) electrons. The molecule has 2 N–H and O–H groups in total. The second-order valence-electron chi connectivity index (χ2n) is 5.86. The maximum atomic E-state index is 4.67. The summed E-state index contributed by atoms with van der Waals surface area (Å²) in [6.45, 7) is 4.38. The molecule has 0 fully saturated rings. The molecular weight excluding hydrogens is 451 g/mol. The Morgan fingerprint density at radius 1 is 1.00 bits per heavy atom. The third kappa shape index (κ3) is 6.67. The SMILES string of the molecule is CCNC(=NCc1ccc(-n2cncn2)cc1)NCCc1ccccc1.I. The lowest BCUT2D eigenvalue weighted by Gasteiger charge is -2.11. The van der Waals surface area contributed by atoms with Crippen molar-refractivity contribution in [3.05, 3.63) is 78.4 Å². The van der Waals surface area contributed by atoms with E-state index >= 15 is 0 Å². The predicted octanol–water partition coefficient (Wildman–Crippen LogP) is 3.18. The van der Waals surface area contributed by atoms with Gasteiger partial charge in [0.25, 0.3) is 0 Å². The van der Waals surface area contributed by atoms with E-state index < -0.39 is 0 Å². The van der Waals surface area contributed by atoms with Crippen molar-refractivity contribution in [2.75, 3.05) is 13.1 Å². The van der Waals surface area contributed by atoms with Gasteiger partial charge >= 0.3 is 0 Å². The van der Waals surface area contributed by atoms with Crippen molar-refractivity contribution in [2.24, 2.45) is 4.99 Å². The summed E-state index contributed by atoms with van der Waals surface area (Å²) in [5, 5.41) is 10.8. The third-order valence-corrected chi connectivity index (χ3v) is 3.93. The standard InChI is InChI=1S/C20H24N6.HI/c1-2-22-20(23-13-12-17-6-4-3-5-7-17)24-14-18-8-10-19(11-9-18)26-16-21-15-25-26;/h3-11,15-16H,2,12-14H2,1H3,(H2,22,23,24);1H. The number of hydrogen-bond acceptors (Lipinski definition) is 3. The molecule has 0 bridgehead atoms. The van der Waals surface area contributed by atoms with E-state index in [1.807, 2.05) is 18.2 Å². The van der Waals surface area contributed by atoms with E-state index in [4.69, 9.17) is 0 Å². The molecule has 27 heavy (non-hydrogen) atoms. The summed E-state index contributed by atoms with van der Waals surface area (Å²) in [4.78, 5) is 8.63. The molecule has 1 heterocycles. The molecule has 142 valence electrons. The Morgan fingerprint density at radius 3 is 2.44 bits per heavy atom. The van der Waals surface area contributed by atoms with E-state index in [2.05, 4.69) is 69.0 Å². The molecule has 1 aromatic heterocycles. The molecule has 0 spiro atoms. The van der Waals surface area contributed by atoms with Crippen LogP contribution in [0.15, 0.2) is 72.2 Å². The highest BCUT2D eigenvalue weighted by Crippen LogP contribution is 2.09. The monoisotopic (exact) mass is 476 g/mol. The van der Waals surface area contributed by atoms with Crippen LogP contribution in [0.3, 0.4) is 0 Å². The molecular formula is C20H25IN6. The van der Waals surface area contributed by atoms with Crippen LogP contribution in [-0.4, -0.2) is 33.8 Å². The van der Waals surface area contributed by atoms with Crippen LogP contribution in [0.4, 0.5) is 0 Å². The van der Waals surface area contributed by atoms with E-state index in [0.29, 0.717) is 6.54 Å². The number of hydrogen-bond donors (Lipinski definition) is 2. The number of halogens is 1. The summed E-state index contributed by atoms with van der Waals surface area (Å²) < 4.78 is 1.74. The van der Waals surface area contributed by atoms with Gasteiger partial charge in [-0.15, -0.1) is 24.0 Å². The summed E-state index contributed by atoms with van der Waals surface area (Å²) in [5.74, 6) is 0.837. The van der Waals surface area contributed by atoms with Gasteiger partial charge in [0, 0.05) is 13.1 Å². The molecule has 3 aromatic rings. The van der Waals surface area contributed by atoms with Crippen LogP contribution in [0, 0.1) is 0 Å². The fourth-order valence-electron chi connectivity index (χ4n) is 2.58. The first-order chi connectivity index (χ1) is 12.8. The maximum absolute atomic E-state index is 4.67. The van der Waals surface area contributed by atoms with Gasteiger partial charge in [0.05, 0.1) is 12.2 Å². The Morgan fingerprint density at radius 2 is 1.78 bits per heavy atom. The Bertz CT molecular complexity index is 800. The molecule has 0 amide bonds. The predicted molar refractivity (Wildman–Crippen MR) is 120 cm³/mol. The first-order valence-corrected chi connectivity index (χ1v) is 8.85. The van der Waals surface area contributed by atoms with Crippen LogP contribution in [-0.2, 0) is 13.0 Å². The van der Waals surface area contributed by atoms with Crippen LogP contribution in [0.2, 0.25) is 0 Å². The van der Waals surface area contributed by atoms with Crippen molar-refractivity contribution in [3.63, 3.8) is 0 Å². The quantitative estimate of drug-likeness (QED) is 0.312. The largest absolute Gasteiger partial charge is 0.357 e. The van der Waals surface area contributed by atoms with Gasteiger partial charge in [0.1, 0.15) is 12.7 Å². The smallest absolute Gasteiger partial charge is 0.191 e. The summed E-state index contributed by atoms with van der Waals surface area (Å²) in [6.07, 6.45) is 4.19. The highest BCUT2D eigenvalue weighted by Gasteiger charge is 2.00. The average molecular weight is 476 g/mol. The van der Waals surface area contributed by atoms with Crippen molar-refractivity contribution in [1.29, 1.82) is 0 Å². The number of nitrogens with zero attached hydrogens (tertiary/aromatic N) is 4. The van der Waals surface area contributed by atoms with Gasteiger partial charge in [-0.3, -0.25) is 0 Å². The van der Waals surface area contributed by atoms with Gasteiger partial charge in [-0.25, -0.2) is 14.7 Å². The molecule has 0 aliphatic rings. The van der Waals surface area contributed by atoms with Crippen LogP contribution >= 0.6 is 24.0 Å². The number of nitrogens with one attached hydrogen (secondary N) is 2. The zero-order chi connectivity index (χ0) is 18.0. The number of aromatic nitrogens is 3. The summed E-state index contributed by atoms with van der Waals surface area (Å²) >= 11 is 0. The van der Waals surface area contributed by atoms with E-state index in [0.717, 1.165) is 36.7 Å². The number of rotatable bonds is 7. The van der Waals surface area contributed by atoms with E-state index in [1.54, 1.807) is 11.0 Å². The van der Waals surface area contributed by atoms with E-state index in [-0.39, 0.29) is 24.0 Å². The van der Waals surface area contributed by atoms with Crippen molar-refractivity contribution >= 4 is 29.9 Å². The average Bonchev–Trinajstić information content (AvgIpc) is 3.22. The minimum atomic E-state index is 0. The zero-order valence-electron chi connectivity index (χ0n) is 15.4. The number of guanidine groups is 1. The van der Waals surface area contributed by atoms with Crippen molar-refractivity contribution < 1.29 is 0 Å². The number of aliphatic imine (C=N–C) groups is 1. The van der Waals surface area contributed by atoms with Gasteiger partial charge in [0.2, 0.25) is 0 Å². The summed E-state index contributed by atoms with van der Waals surface area (Å²) in [6, 6.07) is 18.6. The highest BCUT2D eigenvalue weighted by atomic mass is 127. The van der Waals surface area contributed by atoms with Crippen LogP contribution < -0.4 is 10.6 Å². The second-order valence-corrected chi connectivity index (χ2v) is 5.86. The van der Waals surface area contributed by atoms with Crippen molar-refractivity contribution in [1.82, 2.24) is 25.4 Å². The lowest BCUT2D eigenvalue weighted by atomic mass is 10.1. The first-order valence-electron chi connectivity index (χ1n) is 8.85. The lowest BCUT2D eigenvalue weighted by molar-refractivity contribution is 0.799. The van der Waals surface area contributed by atoms with Crippen molar-refractivity contribution in [3.8, 4) is 5.69 Å². The topological polar surface area (TPSA) is 67.1 Å². The first kappa shape index (κ1) is 20.9. The number of benzene rings is 2. The fraction of sp³-hybridized carbons (Fsp3) is 0.250. The Balaban J connectivity index is 0.00000261. The van der Waals surface area contributed by atoms with Gasteiger partial charge in [-0.1, -0.05) is 42.5 Å². The molecule has 3 rings (SSSR count). The molecule has 0 saturated heterocycles. The molecule has 0 aliphatic heterocycles. The molecule has 0 saturated carbocycles. The normalized spacial score (nSPS) is 10.9. The third-order valence-electron chi connectivity index (χ3n) is 3.93. The molecule has 0 unspecified atom stereocenters. The fourth-order valence-corrected chi connectivity index (χ4v) is 2.58. The van der Waals surface area contributed by atoms with Gasteiger partial charge in [-0.2, -0.15) is 5.10 Å². The Kier molecular flexibility index (Phi) is 8.76. The van der Waals surface area contributed by atoms with E-state index in [1.165, 1.54) is 11.9 Å². The minimum Gasteiger partial charge on any atom is -0.357 e. The van der Waals surface area contributed by atoms with Crippen LogP contribution in [0.1, 0.15) is 18.1 Å². The molecule has 2 aromatic carbocycles. The van der Waals surface area contributed by atoms with Gasteiger partial charge in [0.15, 0.2) is 5.96 Å². The summed E-state index contributed by atoms with van der Waals surface area (Å²) in [5.41, 5.74) is 3.46. The summed E-state index contributed by atoms with van der Waals surface area (Å²) in [7, 11) is 0. The maximum Gasteiger partial charge on any atom is 0.191 e. The van der Waals surface area contributed by atoms with Crippen LogP contribution in [0.5, 0.6) is 0 Å². The van der Waals surface area contributed by atoms with Gasteiger partial charge < -0.3 is 10.6 Å². The van der Waals surface area contributed by atoms with Crippen molar-refractivity contribution in [2.45, 2.75) is 19.9 Å². The second kappa shape index (κ2) is 11.3. The molecule has 0 atom stereocenters. The zero-order valence-corrected chi connectivity index (χ0v) is 17.7. The molecule has 6 nitrogen and oxygen atoms in total. The molecule has 7 heteroatoms. The van der Waals surface area contributed by atoms with E-state index in [9.17, 15) is 0 Å². The minimum absolute atomic E-state index is 0. The highest BCUT2D eigenvalue weighted by molar-refractivity contribution is 14.0. The Hall–Kier alpha value is -2.42. The lowest BCUT2D eigenvalue weighted by Crippen LogP contribution is -2.38. The Labute approximate surface area is 177 Å². The van der Waals surface area contributed by atoms with Crippen LogP contribution in [0.25, 0.3) is 5.69 Å². The van der Waals surface area contributed by atoms with Gasteiger partial charge in [-0.05, 0) is 36.6 Å².